The van der Waals surface area contributed by atoms with Crippen molar-refractivity contribution < 1.29 is 0 Å². The molecule has 4 aromatic rings. The lowest BCUT2D eigenvalue weighted by Gasteiger charge is -2.04. The number of fused-ring (bicyclic) bond motifs is 1. The van der Waals surface area contributed by atoms with E-state index in [0.717, 1.165) is 38.8 Å². The minimum atomic E-state index is 0.537. The summed E-state index contributed by atoms with van der Waals surface area (Å²) in [5, 5.41) is 0. The van der Waals surface area contributed by atoms with Crippen LogP contribution >= 0.6 is 11.3 Å². The van der Waals surface area contributed by atoms with E-state index in [4.69, 9.17) is 4.98 Å². The molecule has 0 saturated carbocycles. The number of hydrogen-bond acceptors (Lipinski definition) is 3. The zero-order valence-electron chi connectivity index (χ0n) is 14.7. The van der Waals surface area contributed by atoms with Gasteiger partial charge in [-0.05, 0) is 36.6 Å². The van der Waals surface area contributed by atoms with Crippen molar-refractivity contribution in [2.24, 2.45) is 5.92 Å². The molecule has 1 aromatic carbocycles. The lowest BCUT2D eigenvalue weighted by atomic mass is 10.1. The van der Waals surface area contributed by atoms with Crippen molar-refractivity contribution in [1.29, 1.82) is 0 Å². The molecule has 0 spiro atoms. The molecule has 0 saturated heterocycles. The molecule has 1 radical (unpaired) electrons. The van der Waals surface area contributed by atoms with Crippen molar-refractivity contribution in [1.82, 2.24) is 14.4 Å². The van der Waals surface area contributed by atoms with Crippen LogP contribution in [0, 0.1) is 24.0 Å². The Labute approximate surface area is 157 Å². The first-order valence-corrected chi connectivity index (χ1v) is 9.43. The molecule has 0 aliphatic rings. The van der Waals surface area contributed by atoms with Gasteiger partial charge >= 0.3 is 0 Å². The Morgan fingerprint density at radius 1 is 1.12 bits per heavy atom. The number of aromatic nitrogens is 3. The highest BCUT2D eigenvalue weighted by Crippen LogP contribution is 2.27. The van der Waals surface area contributed by atoms with Gasteiger partial charge in [0.2, 0.25) is 0 Å². The summed E-state index contributed by atoms with van der Waals surface area (Å²) in [6.07, 6.45) is 7.97. The fourth-order valence-electron chi connectivity index (χ4n) is 2.74. The standard InChI is InChI=1S/C22H18N3S/c1-16(2)14-19-22-24-20(15-25(22)13-12-23-19)21-11-10-18(26-21)9-8-17-6-4-3-5-7-17/h3-7,10-13,16H,14H2,1-2H3. The normalized spacial score (nSPS) is 10.9. The smallest absolute Gasteiger partial charge is 0.159 e. The Morgan fingerprint density at radius 3 is 2.77 bits per heavy atom. The molecule has 127 valence electrons. The van der Waals surface area contributed by atoms with Gasteiger partial charge < -0.3 is 0 Å². The van der Waals surface area contributed by atoms with Gasteiger partial charge in [-0.25, -0.2) is 4.98 Å². The van der Waals surface area contributed by atoms with Crippen LogP contribution in [0.15, 0.2) is 54.9 Å². The first-order chi connectivity index (χ1) is 12.7. The van der Waals surface area contributed by atoms with Crippen molar-refractivity contribution in [2.45, 2.75) is 20.3 Å². The molecule has 3 nitrogen and oxygen atoms in total. The third-order valence-electron chi connectivity index (χ3n) is 3.92. The molecule has 0 fully saturated rings. The van der Waals surface area contributed by atoms with Gasteiger partial charge in [0, 0.05) is 18.0 Å². The first-order valence-electron chi connectivity index (χ1n) is 8.61. The molecule has 0 atom stereocenters. The van der Waals surface area contributed by atoms with E-state index >= 15 is 0 Å². The molecular weight excluding hydrogens is 338 g/mol. The van der Waals surface area contributed by atoms with Crippen LogP contribution in [-0.4, -0.2) is 14.4 Å². The minimum absolute atomic E-state index is 0.537. The van der Waals surface area contributed by atoms with E-state index in [-0.39, 0.29) is 0 Å². The Balaban J connectivity index is 1.65. The Hall–Kier alpha value is -2.90. The largest absolute Gasteiger partial charge is 0.295 e. The number of hydrogen-bond donors (Lipinski definition) is 0. The zero-order valence-corrected chi connectivity index (χ0v) is 15.5. The molecule has 0 unspecified atom stereocenters. The number of thiophene rings is 1. The molecule has 0 aliphatic carbocycles. The van der Waals surface area contributed by atoms with E-state index in [9.17, 15) is 0 Å². The zero-order chi connectivity index (χ0) is 17.9. The van der Waals surface area contributed by atoms with E-state index in [1.165, 1.54) is 0 Å². The van der Waals surface area contributed by atoms with Gasteiger partial charge in [-0.15, -0.1) is 11.3 Å². The van der Waals surface area contributed by atoms with E-state index in [1.807, 2.05) is 53.2 Å². The highest BCUT2D eigenvalue weighted by molar-refractivity contribution is 7.16. The van der Waals surface area contributed by atoms with Crippen LogP contribution in [-0.2, 0) is 6.42 Å². The van der Waals surface area contributed by atoms with Crippen LogP contribution in [0.1, 0.15) is 30.0 Å². The summed E-state index contributed by atoms with van der Waals surface area (Å²) in [6, 6.07) is 14.1. The molecule has 3 heterocycles. The number of rotatable bonds is 3. The van der Waals surface area contributed by atoms with Gasteiger partial charge in [0.05, 0.1) is 15.4 Å². The molecule has 3 aromatic heterocycles. The Kier molecular flexibility index (Phi) is 4.55. The summed E-state index contributed by atoms with van der Waals surface area (Å²) in [5.74, 6) is 6.97. The van der Waals surface area contributed by atoms with Crippen LogP contribution < -0.4 is 0 Å². The maximum atomic E-state index is 4.77. The summed E-state index contributed by atoms with van der Waals surface area (Å²) in [4.78, 5) is 11.4. The number of nitrogens with zero attached hydrogens (tertiary/aromatic N) is 3. The van der Waals surface area contributed by atoms with Crippen molar-refractivity contribution in [3.05, 3.63) is 77.2 Å². The van der Waals surface area contributed by atoms with Gasteiger partial charge in [-0.2, -0.15) is 0 Å². The third-order valence-corrected chi connectivity index (χ3v) is 4.93. The van der Waals surface area contributed by atoms with E-state index in [0.29, 0.717) is 5.92 Å². The second-order valence-corrected chi connectivity index (χ2v) is 7.60. The third kappa shape index (κ3) is 3.54. The maximum absolute atomic E-state index is 4.77. The summed E-state index contributed by atoms with van der Waals surface area (Å²) in [6.45, 7) is 4.38. The average molecular weight is 356 g/mol. The quantitative estimate of drug-likeness (QED) is 0.491. The van der Waals surface area contributed by atoms with Gasteiger partial charge in [-0.1, -0.05) is 43.9 Å². The van der Waals surface area contributed by atoms with Crippen molar-refractivity contribution in [3.8, 4) is 22.4 Å². The highest BCUT2D eigenvalue weighted by Gasteiger charge is 2.12. The van der Waals surface area contributed by atoms with Crippen LogP contribution in [0.4, 0.5) is 0 Å². The van der Waals surface area contributed by atoms with Crippen molar-refractivity contribution in [2.75, 3.05) is 0 Å². The summed E-state index contributed by atoms with van der Waals surface area (Å²) >= 11 is 1.64. The molecular formula is C22H18N3S. The van der Waals surface area contributed by atoms with Gasteiger partial charge in [0.25, 0.3) is 0 Å². The Morgan fingerprint density at radius 2 is 1.96 bits per heavy atom. The molecule has 4 heteroatoms. The molecule has 0 amide bonds. The molecule has 4 rings (SSSR count). The SMILES string of the molecule is CC(C)Cc1nccn2[c]c(-c3ccc(C#Cc4ccccc4)s3)nc12. The van der Waals surface area contributed by atoms with E-state index in [2.05, 4.69) is 42.9 Å². The second kappa shape index (κ2) is 7.15. The lowest BCUT2D eigenvalue weighted by Crippen LogP contribution is -2.00. The fourth-order valence-corrected chi connectivity index (χ4v) is 3.54. The predicted octanol–water partition coefficient (Wildman–Crippen LogP) is 4.86. The van der Waals surface area contributed by atoms with Gasteiger partial charge in [0.15, 0.2) is 5.65 Å². The molecule has 0 aliphatic heterocycles. The number of benzene rings is 1. The second-order valence-electron chi connectivity index (χ2n) is 6.52. The summed E-state index contributed by atoms with van der Waals surface area (Å²) in [5.41, 5.74) is 3.78. The first kappa shape index (κ1) is 16.6. The van der Waals surface area contributed by atoms with Crippen LogP contribution in [0.25, 0.3) is 16.2 Å². The summed E-state index contributed by atoms with van der Waals surface area (Å²) in [7, 11) is 0. The highest BCUT2D eigenvalue weighted by atomic mass is 32.1. The van der Waals surface area contributed by atoms with Gasteiger partial charge in [0.1, 0.15) is 11.9 Å². The number of imidazole rings is 1. The van der Waals surface area contributed by atoms with Crippen LogP contribution in [0.2, 0.25) is 0 Å². The van der Waals surface area contributed by atoms with E-state index < -0.39 is 0 Å². The van der Waals surface area contributed by atoms with Crippen LogP contribution in [0.5, 0.6) is 0 Å². The monoisotopic (exact) mass is 356 g/mol. The molecule has 0 N–H and O–H groups in total. The summed E-state index contributed by atoms with van der Waals surface area (Å²) < 4.78 is 1.94. The van der Waals surface area contributed by atoms with Crippen molar-refractivity contribution in [3.63, 3.8) is 0 Å². The van der Waals surface area contributed by atoms with Gasteiger partial charge in [-0.3, -0.25) is 9.38 Å². The lowest BCUT2D eigenvalue weighted by molar-refractivity contribution is 0.635. The predicted molar refractivity (Wildman–Crippen MR) is 106 cm³/mol. The minimum Gasteiger partial charge on any atom is -0.295 e. The maximum Gasteiger partial charge on any atom is 0.159 e. The van der Waals surface area contributed by atoms with Crippen molar-refractivity contribution >= 4 is 17.0 Å². The average Bonchev–Trinajstić information content (AvgIpc) is 3.27. The Bertz CT molecular complexity index is 1090. The van der Waals surface area contributed by atoms with E-state index in [1.54, 1.807) is 11.3 Å². The molecule has 0 bridgehead atoms. The topological polar surface area (TPSA) is 30.2 Å². The molecule has 26 heavy (non-hydrogen) atoms. The fraction of sp³-hybridized carbons (Fsp3) is 0.182. The van der Waals surface area contributed by atoms with Crippen LogP contribution in [0.3, 0.4) is 0 Å².